The fourth-order valence-electron chi connectivity index (χ4n) is 1.79. The first kappa shape index (κ1) is 10.9. The van der Waals surface area contributed by atoms with Crippen molar-refractivity contribution in [3.05, 3.63) is 53.2 Å². The lowest BCUT2D eigenvalue weighted by molar-refractivity contribution is 0.527. The van der Waals surface area contributed by atoms with Crippen LogP contribution in [0.3, 0.4) is 0 Å². The van der Waals surface area contributed by atoms with E-state index >= 15 is 0 Å². The summed E-state index contributed by atoms with van der Waals surface area (Å²) in [7, 11) is 1.94. The van der Waals surface area contributed by atoms with Gasteiger partial charge in [0.2, 0.25) is 0 Å². The highest BCUT2D eigenvalue weighted by atomic mass is 16.3. The fraction of sp³-hybridized carbons (Fsp3) is 0.308. The molecule has 1 N–H and O–H groups in total. The molecule has 1 unspecified atom stereocenters. The Kier molecular flexibility index (Phi) is 3.06. The number of hydrogen-bond acceptors (Lipinski definition) is 3. The van der Waals surface area contributed by atoms with E-state index in [0.717, 1.165) is 22.6 Å². The van der Waals surface area contributed by atoms with Gasteiger partial charge in [0.25, 0.3) is 0 Å². The molecule has 0 aliphatic heterocycles. The summed E-state index contributed by atoms with van der Waals surface area (Å²) in [6.07, 6.45) is 3.69. The third kappa shape index (κ3) is 2.14. The first-order valence-corrected chi connectivity index (χ1v) is 5.35. The number of nitrogens with one attached hydrogen (secondary N) is 1. The maximum absolute atomic E-state index is 5.33. The number of nitrogens with zero attached hydrogens (tertiary/aromatic N) is 1. The van der Waals surface area contributed by atoms with Crippen LogP contribution in [0.25, 0.3) is 0 Å². The fourth-order valence-corrected chi connectivity index (χ4v) is 1.79. The number of pyridine rings is 1. The van der Waals surface area contributed by atoms with Crippen LogP contribution in [0, 0.1) is 13.8 Å². The normalized spacial score (nSPS) is 12.7. The summed E-state index contributed by atoms with van der Waals surface area (Å²) in [5, 5.41) is 3.27. The third-order valence-corrected chi connectivity index (χ3v) is 2.64. The molecule has 0 bridgehead atoms. The van der Waals surface area contributed by atoms with E-state index in [1.807, 2.05) is 39.2 Å². The molecule has 0 saturated carbocycles. The molecule has 1 atom stereocenters. The second-order valence-electron chi connectivity index (χ2n) is 3.95. The summed E-state index contributed by atoms with van der Waals surface area (Å²) >= 11 is 0. The first-order chi connectivity index (χ1) is 7.70. The average molecular weight is 216 g/mol. The van der Waals surface area contributed by atoms with Gasteiger partial charge in [-0.15, -0.1) is 0 Å². The van der Waals surface area contributed by atoms with Gasteiger partial charge in [-0.2, -0.15) is 0 Å². The SMILES string of the molecule is CNC(c1ccc(C)nc1)c1coc(C)c1. The quantitative estimate of drug-likeness (QED) is 0.857. The smallest absolute Gasteiger partial charge is 0.101 e. The van der Waals surface area contributed by atoms with Crippen LogP contribution in [0.4, 0.5) is 0 Å². The largest absolute Gasteiger partial charge is 0.469 e. The van der Waals surface area contributed by atoms with Gasteiger partial charge in [0.05, 0.1) is 12.3 Å². The monoisotopic (exact) mass is 216 g/mol. The van der Waals surface area contributed by atoms with E-state index < -0.39 is 0 Å². The maximum Gasteiger partial charge on any atom is 0.101 e. The van der Waals surface area contributed by atoms with Gasteiger partial charge >= 0.3 is 0 Å². The first-order valence-electron chi connectivity index (χ1n) is 5.35. The lowest BCUT2D eigenvalue weighted by Gasteiger charge is -2.14. The minimum atomic E-state index is 0.144. The zero-order valence-corrected chi connectivity index (χ0v) is 9.82. The summed E-state index contributed by atoms with van der Waals surface area (Å²) in [6.45, 7) is 3.93. The Bertz CT molecular complexity index is 459. The summed E-state index contributed by atoms with van der Waals surface area (Å²) in [5.41, 5.74) is 3.31. The molecule has 16 heavy (non-hydrogen) atoms. The standard InChI is InChI=1S/C13H16N2O/c1-9-4-5-11(7-15-9)13(14-3)12-6-10(2)16-8-12/h4-8,13-14H,1-3H3. The van der Waals surface area contributed by atoms with Crippen molar-refractivity contribution in [1.29, 1.82) is 0 Å². The van der Waals surface area contributed by atoms with Crippen molar-refractivity contribution in [2.75, 3.05) is 7.05 Å². The minimum absolute atomic E-state index is 0.144. The molecule has 3 heteroatoms. The Balaban J connectivity index is 2.32. The van der Waals surface area contributed by atoms with Crippen molar-refractivity contribution in [1.82, 2.24) is 10.3 Å². The number of rotatable bonds is 3. The molecule has 2 heterocycles. The highest BCUT2D eigenvalue weighted by molar-refractivity contribution is 5.29. The van der Waals surface area contributed by atoms with Gasteiger partial charge in [-0.1, -0.05) is 6.07 Å². The lowest BCUT2D eigenvalue weighted by Crippen LogP contribution is -2.17. The van der Waals surface area contributed by atoms with Gasteiger partial charge in [0.15, 0.2) is 0 Å². The molecule has 0 aliphatic rings. The van der Waals surface area contributed by atoms with Crippen molar-refractivity contribution < 1.29 is 4.42 Å². The van der Waals surface area contributed by atoms with Crippen LogP contribution < -0.4 is 5.32 Å². The number of aromatic nitrogens is 1. The van der Waals surface area contributed by atoms with Crippen molar-refractivity contribution >= 4 is 0 Å². The van der Waals surface area contributed by atoms with Crippen LogP contribution in [0.2, 0.25) is 0 Å². The Hall–Kier alpha value is -1.61. The molecule has 0 saturated heterocycles. The highest BCUT2D eigenvalue weighted by Gasteiger charge is 2.13. The number of furan rings is 1. The molecule has 0 amide bonds. The van der Waals surface area contributed by atoms with Crippen LogP contribution in [0.1, 0.15) is 28.6 Å². The zero-order valence-electron chi connectivity index (χ0n) is 9.82. The molecule has 2 aromatic heterocycles. The van der Waals surface area contributed by atoms with Crippen molar-refractivity contribution in [2.45, 2.75) is 19.9 Å². The topological polar surface area (TPSA) is 38.1 Å². The van der Waals surface area contributed by atoms with Crippen LogP contribution in [0.5, 0.6) is 0 Å². The molecule has 84 valence electrons. The molecular weight excluding hydrogens is 200 g/mol. The van der Waals surface area contributed by atoms with Gasteiger partial charge < -0.3 is 9.73 Å². The summed E-state index contributed by atoms with van der Waals surface area (Å²) in [6, 6.07) is 6.30. The Morgan fingerprint density at radius 2 is 2.06 bits per heavy atom. The van der Waals surface area contributed by atoms with E-state index in [1.165, 1.54) is 0 Å². The van der Waals surface area contributed by atoms with Crippen molar-refractivity contribution in [2.24, 2.45) is 0 Å². The molecule has 2 aromatic rings. The Morgan fingerprint density at radius 1 is 1.25 bits per heavy atom. The van der Waals surface area contributed by atoms with Crippen LogP contribution in [-0.2, 0) is 0 Å². The predicted molar refractivity (Wildman–Crippen MR) is 63.3 cm³/mol. The predicted octanol–water partition coefficient (Wildman–Crippen LogP) is 2.60. The number of hydrogen-bond donors (Lipinski definition) is 1. The average Bonchev–Trinajstić information content (AvgIpc) is 2.69. The van der Waals surface area contributed by atoms with E-state index in [0.29, 0.717) is 0 Å². The van der Waals surface area contributed by atoms with Gasteiger partial charge in [0.1, 0.15) is 5.76 Å². The Morgan fingerprint density at radius 3 is 2.56 bits per heavy atom. The molecule has 0 aliphatic carbocycles. The van der Waals surface area contributed by atoms with Gasteiger partial charge in [0, 0.05) is 17.5 Å². The molecule has 3 nitrogen and oxygen atoms in total. The van der Waals surface area contributed by atoms with E-state index in [4.69, 9.17) is 4.42 Å². The van der Waals surface area contributed by atoms with E-state index in [9.17, 15) is 0 Å². The summed E-state index contributed by atoms with van der Waals surface area (Å²) in [4.78, 5) is 4.31. The minimum Gasteiger partial charge on any atom is -0.469 e. The van der Waals surface area contributed by atoms with Crippen LogP contribution in [0.15, 0.2) is 35.1 Å². The second-order valence-corrected chi connectivity index (χ2v) is 3.95. The van der Waals surface area contributed by atoms with E-state index in [1.54, 1.807) is 6.26 Å². The molecular formula is C13H16N2O. The van der Waals surface area contributed by atoms with E-state index in [2.05, 4.69) is 16.4 Å². The molecule has 0 radical (unpaired) electrons. The summed E-state index contributed by atoms with van der Waals surface area (Å²) < 4.78 is 5.33. The molecule has 0 fully saturated rings. The maximum atomic E-state index is 5.33. The lowest BCUT2D eigenvalue weighted by atomic mass is 10.0. The van der Waals surface area contributed by atoms with Crippen LogP contribution >= 0.6 is 0 Å². The molecule has 0 spiro atoms. The second kappa shape index (κ2) is 4.49. The Labute approximate surface area is 95.5 Å². The summed E-state index contributed by atoms with van der Waals surface area (Å²) in [5.74, 6) is 0.926. The third-order valence-electron chi connectivity index (χ3n) is 2.64. The molecule has 2 rings (SSSR count). The van der Waals surface area contributed by atoms with Crippen molar-refractivity contribution in [3.63, 3.8) is 0 Å². The van der Waals surface area contributed by atoms with Gasteiger partial charge in [-0.3, -0.25) is 4.98 Å². The van der Waals surface area contributed by atoms with E-state index in [-0.39, 0.29) is 6.04 Å². The van der Waals surface area contributed by atoms with Gasteiger partial charge in [-0.05, 0) is 38.6 Å². The number of aryl methyl sites for hydroxylation is 2. The highest BCUT2D eigenvalue weighted by Crippen LogP contribution is 2.22. The van der Waals surface area contributed by atoms with Crippen LogP contribution in [-0.4, -0.2) is 12.0 Å². The van der Waals surface area contributed by atoms with Crippen molar-refractivity contribution in [3.8, 4) is 0 Å². The van der Waals surface area contributed by atoms with Gasteiger partial charge in [-0.25, -0.2) is 0 Å². The zero-order chi connectivity index (χ0) is 11.5. The molecule has 0 aromatic carbocycles.